The zero-order valence-corrected chi connectivity index (χ0v) is 23.0. The van der Waals surface area contributed by atoms with E-state index in [1.807, 2.05) is 13.0 Å². The standard InChI is InChI=1S/C31H25ClFN3O3S/c1-20-25(32)14-8-16-27(20)35-29(37)19-40-24-13-7-12-23(18-24)34-31(39)28(17-22-11-5-6-15-26(22)33)36-30(38)21-9-3-2-4-10-21/h2-18H,19H2,1H3,(H,34,39)(H,35,37)(H,36,38)/b28-17-. The largest absolute Gasteiger partial charge is 0.325 e. The average molecular weight is 574 g/mol. The van der Waals surface area contributed by atoms with Gasteiger partial charge in [-0.15, -0.1) is 11.8 Å². The van der Waals surface area contributed by atoms with Crippen molar-refractivity contribution in [2.45, 2.75) is 11.8 Å². The van der Waals surface area contributed by atoms with Crippen molar-refractivity contribution in [3.05, 3.63) is 130 Å². The Morgan fingerprint density at radius 2 is 1.60 bits per heavy atom. The molecule has 0 atom stereocenters. The molecular weight excluding hydrogens is 549 g/mol. The molecule has 0 fully saturated rings. The minimum Gasteiger partial charge on any atom is -0.325 e. The van der Waals surface area contributed by atoms with Crippen molar-refractivity contribution < 1.29 is 18.8 Å². The zero-order chi connectivity index (χ0) is 28.5. The number of benzene rings is 4. The van der Waals surface area contributed by atoms with Gasteiger partial charge in [0.2, 0.25) is 5.91 Å². The van der Waals surface area contributed by atoms with Gasteiger partial charge in [-0.05, 0) is 67.1 Å². The van der Waals surface area contributed by atoms with Crippen LogP contribution in [0, 0.1) is 12.7 Å². The van der Waals surface area contributed by atoms with Gasteiger partial charge < -0.3 is 16.0 Å². The normalized spacial score (nSPS) is 11.0. The van der Waals surface area contributed by atoms with E-state index in [4.69, 9.17) is 11.6 Å². The molecule has 6 nitrogen and oxygen atoms in total. The third-order valence-electron chi connectivity index (χ3n) is 5.74. The van der Waals surface area contributed by atoms with Gasteiger partial charge in [-0.1, -0.05) is 60.1 Å². The first kappa shape index (κ1) is 28.6. The maximum Gasteiger partial charge on any atom is 0.272 e. The molecule has 0 heterocycles. The maximum atomic E-state index is 14.4. The molecule has 40 heavy (non-hydrogen) atoms. The molecule has 0 aliphatic carbocycles. The number of nitrogens with one attached hydrogen (secondary N) is 3. The molecule has 4 rings (SSSR count). The summed E-state index contributed by atoms with van der Waals surface area (Å²) in [4.78, 5) is 39.3. The molecule has 0 aliphatic heterocycles. The van der Waals surface area contributed by atoms with Crippen molar-refractivity contribution in [1.82, 2.24) is 5.32 Å². The summed E-state index contributed by atoms with van der Waals surface area (Å²) in [7, 11) is 0. The van der Waals surface area contributed by atoms with Gasteiger partial charge in [0, 0.05) is 32.4 Å². The number of halogens is 2. The lowest BCUT2D eigenvalue weighted by Crippen LogP contribution is -2.30. The third kappa shape index (κ3) is 7.81. The number of hydrogen-bond donors (Lipinski definition) is 3. The van der Waals surface area contributed by atoms with E-state index in [-0.39, 0.29) is 22.9 Å². The van der Waals surface area contributed by atoms with Crippen LogP contribution in [-0.4, -0.2) is 23.5 Å². The molecule has 3 amide bonds. The number of rotatable bonds is 9. The minimum atomic E-state index is -0.635. The van der Waals surface area contributed by atoms with E-state index in [1.54, 1.807) is 72.8 Å². The zero-order valence-electron chi connectivity index (χ0n) is 21.4. The van der Waals surface area contributed by atoms with Crippen molar-refractivity contribution >= 4 is 58.5 Å². The number of hydrogen-bond acceptors (Lipinski definition) is 4. The lowest BCUT2D eigenvalue weighted by atomic mass is 10.1. The van der Waals surface area contributed by atoms with E-state index in [2.05, 4.69) is 16.0 Å². The van der Waals surface area contributed by atoms with Crippen molar-refractivity contribution in [3.8, 4) is 0 Å². The highest BCUT2D eigenvalue weighted by Gasteiger charge is 2.16. The molecule has 0 radical (unpaired) electrons. The van der Waals surface area contributed by atoms with Gasteiger partial charge in [0.05, 0.1) is 5.75 Å². The number of thioether (sulfide) groups is 1. The molecule has 3 N–H and O–H groups in total. The second-order valence-electron chi connectivity index (χ2n) is 8.63. The minimum absolute atomic E-state index is 0.131. The predicted molar refractivity (Wildman–Crippen MR) is 159 cm³/mol. The highest BCUT2D eigenvalue weighted by Crippen LogP contribution is 2.25. The van der Waals surface area contributed by atoms with Gasteiger partial charge in [-0.3, -0.25) is 14.4 Å². The van der Waals surface area contributed by atoms with Crippen LogP contribution < -0.4 is 16.0 Å². The first-order chi connectivity index (χ1) is 19.3. The summed E-state index contributed by atoms with van der Waals surface area (Å²) in [5.74, 6) is -1.75. The fraction of sp³-hybridized carbons (Fsp3) is 0.0645. The molecule has 0 saturated heterocycles. The van der Waals surface area contributed by atoms with Crippen molar-refractivity contribution in [3.63, 3.8) is 0 Å². The van der Waals surface area contributed by atoms with Crippen LogP contribution in [-0.2, 0) is 9.59 Å². The number of carbonyl (C=O) groups is 3. The number of amides is 3. The molecule has 0 spiro atoms. The Labute approximate surface area is 240 Å². The fourth-order valence-electron chi connectivity index (χ4n) is 3.63. The molecule has 0 saturated carbocycles. The molecule has 0 aromatic heterocycles. The van der Waals surface area contributed by atoms with Gasteiger partial charge >= 0.3 is 0 Å². The van der Waals surface area contributed by atoms with Crippen molar-refractivity contribution in [2.24, 2.45) is 0 Å². The van der Waals surface area contributed by atoms with Crippen LogP contribution in [0.2, 0.25) is 5.02 Å². The number of carbonyl (C=O) groups excluding carboxylic acids is 3. The maximum absolute atomic E-state index is 14.4. The van der Waals surface area contributed by atoms with Crippen LogP contribution in [0.3, 0.4) is 0 Å². The fourth-order valence-corrected chi connectivity index (χ4v) is 4.56. The summed E-state index contributed by atoms with van der Waals surface area (Å²) in [5.41, 5.74) is 2.23. The van der Waals surface area contributed by atoms with Crippen LogP contribution >= 0.6 is 23.4 Å². The molecule has 202 valence electrons. The summed E-state index contributed by atoms with van der Waals surface area (Å²) in [6.07, 6.45) is 1.28. The Morgan fingerprint density at radius 1 is 0.875 bits per heavy atom. The Balaban J connectivity index is 1.46. The quantitative estimate of drug-likeness (QED) is 0.150. The lowest BCUT2D eigenvalue weighted by Gasteiger charge is -2.13. The van der Waals surface area contributed by atoms with Gasteiger partial charge in [0.15, 0.2) is 0 Å². The first-order valence-electron chi connectivity index (χ1n) is 12.2. The van der Waals surface area contributed by atoms with Crippen LogP contribution in [0.4, 0.5) is 15.8 Å². The molecule has 0 aliphatic rings. The average Bonchev–Trinajstić information content (AvgIpc) is 2.96. The summed E-state index contributed by atoms with van der Waals surface area (Å²) >= 11 is 7.42. The van der Waals surface area contributed by atoms with E-state index >= 15 is 0 Å². The van der Waals surface area contributed by atoms with Crippen LogP contribution in [0.1, 0.15) is 21.5 Å². The third-order valence-corrected chi connectivity index (χ3v) is 7.14. The molecular formula is C31H25ClFN3O3S. The smallest absolute Gasteiger partial charge is 0.272 e. The van der Waals surface area contributed by atoms with E-state index in [0.29, 0.717) is 22.0 Å². The van der Waals surface area contributed by atoms with E-state index in [1.165, 1.54) is 36.0 Å². The molecule has 0 unspecified atom stereocenters. The lowest BCUT2D eigenvalue weighted by molar-refractivity contribution is -0.114. The van der Waals surface area contributed by atoms with Crippen molar-refractivity contribution in [2.75, 3.05) is 16.4 Å². The van der Waals surface area contributed by atoms with Crippen LogP contribution in [0.5, 0.6) is 0 Å². The summed E-state index contributed by atoms with van der Waals surface area (Å²) in [6.45, 7) is 1.83. The summed E-state index contributed by atoms with van der Waals surface area (Å²) in [6, 6.07) is 26.6. The Hall–Kier alpha value is -4.40. The first-order valence-corrected chi connectivity index (χ1v) is 13.6. The highest BCUT2D eigenvalue weighted by atomic mass is 35.5. The SMILES string of the molecule is Cc1c(Cl)cccc1NC(=O)CSc1cccc(NC(=O)/C(=C/c2ccccc2F)NC(=O)c2ccccc2)c1. The van der Waals surface area contributed by atoms with E-state index in [9.17, 15) is 18.8 Å². The van der Waals surface area contributed by atoms with E-state index < -0.39 is 17.6 Å². The second kappa shape index (κ2) is 13.6. The van der Waals surface area contributed by atoms with Gasteiger partial charge in [0.1, 0.15) is 11.5 Å². The van der Waals surface area contributed by atoms with Crippen LogP contribution in [0.25, 0.3) is 6.08 Å². The highest BCUT2D eigenvalue weighted by molar-refractivity contribution is 8.00. The molecule has 4 aromatic carbocycles. The topological polar surface area (TPSA) is 87.3 Å². The van der Waals surface area contributed by atoms with Crippen molar-refractivity contribution in [1.29, 1.82) is 0 Å². The Kier molecular flexibility index (Phi) is 9.72. The van der Waals surface area contributed by atoms with Gasteiger partial charge in [-0.25, -0.2) is 4.39 Å². The monoisotopic (exact) mass is 573 g/mol. The van der Waals surface area contributed by atoms with Gasteiger partial charge in [-0.2, -0.15) is 0 Å². The van der Waals surface area contributed by atoms with E-state index in [0.717, 1.165) is 10.5 Å². The molecule has 0 bridgehead atoms. The van der Waals surface area contributed by atoms with Gasteiger partial charge in [0.25, 0.3) is 11.8 Å². The van der Waals surface area contributed by atoms with Crippen LogP contribution in [0.15, 0.2) is 108 Å². The summed E-state index contributed by atoms with van der Waals surface area (Å²) in [5, 5.41) is 8.76. The molecule has 9 heteroatoms. The molecule has 4 aromatic rings. The number of anilines is 2. The Morgan fingerprint density at radius 3 is 2.38 bits per heavy atom. The second-order valence-corrected chi connectivity index (χ2v) is 10.1. The summed E-state index contributed by atoms with van der Waals surface area (Å²) < 4.78 is 14.4. The predicted octanol–water partition coefficient (Wildman–Crippen LogP) is 6.93. The Bertz CT molecular complexity index is 1580.